The molecule has 0 aliphatic heterocycles. The molecule has 0 aromatic heterocycles. The van der Waals surface area contributed by atoms with E-state index in [4.69, 9.17) is 5.73 Å². The van der Waals surface area contributed by atoms with Crippen LogP contribution in [0, 0.1) is 0 Å². The number of nitrogens with zero attached hydrogens (tertiary/aromatic N) is 3. The van der Waals surface area contributed by atoms with Crippen LogP contribution in [-0.2, 0) is 11.1 Å². The summed E-state index contributed by atoms with van der Waals surface area (Å²) in [4.78, 5) is 2.75. The van der Waals surface area contributed by atoms with Gasteiger partial charge in [-0.05, 0) is 87.4 Å². The molecule has 0 amide bonds. The summed E-state index contributed by atoms with van der Waals surface area (Å²) >= 11 is 0. The Labute approximate surface area is 365 Å². The third-order valence-electron chi connectivity index (χ3n) is 9.37. The maximum Gasteiger partial charge on any atom is 0.573 e. The fourth-order valence-corrected chi connectivity index (χ4v) is 6.74. The summed E-state index contributed by atoms with van der Waals surface area (Å²) in [6, 6.07) is 33.3. The van der Waals surface area contributed by atoms with Crippen LogP contribution in [0.2, 0.25) is 0 Å². The highest BCUT2D eigenvalue weighted by Gasteiger charge is 2.44. The van der Waals surface area contributed by atoms with Crippen molar-refractivity contribution in [3.63, 3.8) is 0 Å². The maximum absolute atomic E-state index is 12.8. The first-order valence-corrected chi connectivity index (χ1v) is 18.6. The van der Waals surface area contributed by atoms with Crippen molar-refractivity contribution in [1.29, 1.82) is 0 Å². The van der Waals surface area contributed by atoms with E-state index in [-0.39, 0.29) is 27.8 Å². The first kappa shape index (κ1) is 49.9. The molecule has 0 heterocycles. The molecule has 348 valence electrons. The number of nitrogens with two attached hydrogens (primary N) is 1. The predicted molar refractivity (Wildman–Crippen MR) is 210 cm³/mol. The number of aliphatic hydroxyl groups is 2. The minimum absolute atomic E-state index is 0.0280. The predicted octanol–water partition coefficient (Wildman–Crippen LogP) is 12.2. The van der Waals surface area contributed by atoms with E-state index in [0.717, 1.165) is 60.7 Å². The van der Waals surface area contributed by atoms with Crippen LogP contribution in [0.25, 0.3) is 10.4 Å². The first-order chi connectivity index (χ1) is 30.8. The van der Waals surface area contributed by atoms with Crippen molar-refractivity contribution in [3.05, 3.63) is 202 Å². The molecule has 10 nitrogen and oxygen atoms in total. The molecule has 4 N–H and O–H groups in total. The molecule has 2 atom stereocenters. The van der Waals surface area contributed by atoms with Gasteiger partial charge in [-0.15, -0.1) is 52.7 Å². The topological polar surface area (TPSA) is 152 Å². The number of hydrogen-bond acceptors (Lipinski definition) is 8. The highest BCUT2D eigenvalue weighted by atomic mass is 19.4. The molecule has 0 bridgehead atoms. The number of ether oxygens (including phenoxy) is 4. The molecule has 0 fully saturated rings. The fraction of sp³-hybridized carbons (Fsp3) is 0.182. The van der Waals surface area contributed by atoms with Crippen LogP contribution in [0.5, 0.6) is 23.0 Å². The summed E-state index contributed by atoms with van der Waals surface area (Å²) in [5.41, 5.74) is 11.8. The molecule has 6 aromatic rings. The van der Waals surface area contributed by atoms with Crippen LogP contribution < -0.4 is 24.7 Å². The zero-order valence-corrected chi connectivity index (χ0v) is 33.1. The van der Waals surface area contributed by atoms with Crippen LogP contribution in [0.1, 0.15) is 45.6 Å². The largest absolute Gasteiger partial charge is 0.573 e. The number of aliphatic hydroxyl groups excluding tert-OH is 2. The molecule has 6 rings (SSSR count). The van der Waals surface area contributed by atoms with Gasteiger partial charge in [0.2, 0.25) is 0 Å². The van der Waals surface area contributed by atoms with Crippen LogP contribution in [0.15, 0.2) is 163 Å². The van der Waals surface area contributed by atoms with Gasteiger partial charge in [-0.3, -0.25) is 0 Å². The maximum atomic E-state index is 12.8. The third-order valence-corrected chi connectivity index (χ3v) is 9.37. The van der Waals surface area contributed by atoms with Crippen LogP contribution in [0.3, 0.4) is 0 Å². The number of rotatable bonds is 13. The Morgan fingerprint density at radius 2 is 0.712 bits per heavy atom. The molecule has 6 aromatic carbocycles. The normalized spacial score (nSPS) is 13.3. The monoisotopic (exact) mass is 940 g/mol. The summed E-state index contributed by atoms with van der Waals surface area (Å²) < 4.78 is 169. The fourth-order valence-electron chi connectivity index (χ4n) is 6.74. The average molecular weight is 941 g/mol. The summed E-state index contributed by atoms with van der Waals surface area (Å²) in [6.07, 6.45) is -23.3. The smallest absolute Gasteiger partial charge is 0.406 e. The molecular weight excluding hydrogens is 908 g/mol. The van der Waals surface area contributed by atoms with Gasteiger partial charge in [0.1, 0.15) is 34.6 Å². The average Bonchev–Trinajstić information content (AvgIpc) is 3.23. The first-order valence-electron chi connectivity index (χ1n) is 18.6. The zero-order chi connectivity index (χ0) is 48.6. The summed E-state index contributed by atoms with van der Waals surface area (Å²) in [5.74, 6) is -2.59. The molecule has 66 heavy (non-hydrogen) atoms. The lowest BCUT2D eigenvalue weighted by molar-refractivity contribution is -0.275. The van der Waals surface area contributed by atoms with Gasteiger partial charge < -0.3 is 34.9 Å². The molecule has 0 saturated carbocycles. The van der Waals surface area contributed by atoms with Crippen molar-refractivity contribution in [2.75, 3.05) is 0 Å². The van der Waals surface area contributed by atoms with E-state index in [1.165, 1.54) is 60.7 Å². The molecule has 0 spiro atoms. The van der Waals surface area contributed by atoms with Crippen molar-refractivity contribution >= 4 is 0 Å². The van der Waals surface area contributed by atoms with Gasteiger partial charge in [-0.25, -0.2) is 0 Å². The number of hydrogen-bond donors (Lipinski definition) is 3. The van der Waals surface area contributed by atoms with Gasteiger partial charge in [-0.1, -0.05) is 114 Å². The summed E-state index contributed by atoms with van der Waals surface area (Å²) in [7, 11) is 0. The van der Waals surface area contributed by atoms with Crippen LogP contribution in [0.4, 0.5) is 52.7 Å². The minimum atomic E-state index is -5.04. The van der Waals surface area contributed by atoms with Gasteiger partial charge in [0.05, 0.1) is 11.6 Å². The summed E-state index contributed by atoms with van der Waals surface area (Å²) in [5, 5.41) is 26.2. The van der Waals surface area contributed by atoms with Gasteiger partial charge in [-0.2, -0.15) is 0 Å². The van der Waals surface area contributed by atoms with Crippen molar-refractivity contribution in [2.24, 2.45) is 10.8 Å². The Balaban J connectivity index is 0.000000248. The van der Waals surface area contributed by atoms with E-state index in [1.54, 1.807) is 36.4 Å². The number of azide groups is 1. The second-order valence-electron chi connectivity index (χ2n) is 13.8. The second kappa shape index (κ2) is 19.9. The van der Waals surface area contributed by atoms with Gasteiger partial charge >= 0.3 is 25.4 Å². The highest BCUT2D eigenvalue weighted by Crippen LogP contribution is 2.47. The van der Waals surface area contributed by atoms with E-state index in [0.29, 0.717) is 5.56 Å². The van der Waals surface area contributed by atoms with E-state index >= 15 is 0 Å². The van der Waals surface area contributed by atoms with Crippen molar-refractivity contribution in [2.45, 2.75) is 48.7 Å². The lowest BCUT2D eigenvalue weighted by atomic mass is 9.76. The van der Waals surface area contributed by atoms with Gasteiger partial charge in [0.25, 0.3) is 0 Å². The van der Waals surface area contributed by atoms with E-state index < -0.39 is 71.7 Å². The molecule has 0 unspecified atom stereocenters. The summed E-state index contributed by atoms with van der Waals surface area (Å²) in [6.45, 7) is 0. The molecule has 0 saturated heterocycles. The second-order valence-corrected chi connectivity index (χ2v) is 13.8. The molecular formula is C44H32F12N4O6. The Hall–Kier alpha value is -7.13. The Morgan fingerprint density at radius 3 is 1.02 bits per heavy atom. The Bertz CT molecular complexity index is 2470. The molecule has 0 aliphatic rings. The number of halogens is 12. The molecule has 0 aliphatic carbocycles. The number of benzene rings is 6. The lowest BCUT2D eigenvalue weighted by Gasteiger charge is -2.36. The SMILES string of the molecule is NC(c1cccc(OC(F)(F)F)c1)(c1cccc(OC(F)(F)F)c1)[C@@H](O)c1ccccc1.[N-]=[N+]=NC(c1cccc(OC(F)(F)F)c1)(c1cccc(OC(F)(F)F)c1)[C@@H](O)c1ccccc1. The van der Waals surface area contributed by atoms with Crippen molar-refractivity contribution in [1.82, 2.24) is 0 Å². The minimum Gasteiger partial charge on any atom is -0.406 e. The van der Waals surface area contributed by atoms with Crippen LogP contribution in [-0.4, -0.2) is 35.7 Å². The Morgan fingerprint density at radius 1 is 0.424 bits per heavy atom. The molecule has 22 heteroatoms. The third kappa shape index (κ3) is 13.0. The highest BCUT2D eigenvalue weighted by molar-refractivity contribution is 5.49. The Kier molecular flexibility index (Phi) is 15.1. The number of alkyl halides is 12. The van der Waals surface area contributed by atoms with E-state index in [9.17, 15) is 68.4 Å². The standard InChI is InChI=1S/C22H15F6N3O3.C22H17F6NO3/c23-21(24,25)33-17-10-4-8-15(12-17)20(30-31-29,19(32)14-6-2-1-3-7-14)16-9-5-11-18(13-16)34-22(26,27)28;23-21(24,25)31-17-10-4-8-15(12-17)20(29,19(30)14-6-2-1-3-7-14)16-9-5-11-18(13-16)32-22(26,27)28/h1-13,19,32H;1-13,19,30H,29H2/t2*19-/m00/s1. The quantitative estimate of drug-likeness (QED) is 0.0451. The zero-order valence-electron chi connectivity index (χ0n) is 33.1. The van der Waals surface area contributed by atoms with Gasteiger partial charge in [0.15, 0.2) is 0 Å². The van der Waals surface area contributed by atoms with E-state index in [1.807, 2.05) is 0 Å². The van der Waals surface area contributed by atoms with E-state index in [2.05, 4.69) is 29.0 Å². The lowest BCUT2D eigenvalue weighted by Crippen LogP contribution is -2.44. The van der Waals surface area contributed by atoms with Crippen molar-refractivity contribution in [3.8, 4) is 23.0 Å². The van der Waals surface area contributed by atoms with Crippen LogP contribution >= 0.6 is 0 Å². The van der Waals surface area contributed by atoms with Gasteiger partial charge in [0, 0.05) is 4.91 Å². The molecule has 0 radical (unpaired) electrons. The van der Waals surface area contributed by atoms with Crippen molar-refractivity contribution < 1.29 is 81.8 Å².